The molecule has 1 heterocycles. The first-order valence-corrected chi connectivity index (χ1v) is 7.70. The van der Waals surface area contributed by atoms with Crippen LogP contribution in [0, 0.1) is 5.41 Å². The lowest BCUT2D eigenvalue weighted by Crippen LogP contribution is -2.47. The van der Waals surface area contributed by atoms with E-state index in [0.717, 1.165) is 6.04 Å². The fraction of sp³-hybridized carbons (Fsp3) is 1.00. The predicted octanol–water partition coefficient (Wildman–Crippen LogP) is 1.79. The van der Waals surface area contributed by atoms with E-state index < -0.39 is 0 Å². The molecule has 0 spiro atoms. The van der Waals surface area contributed by atoms with Crippen molar-refractivity contribution in [1.29, 1.82) is 0 Å². The van der Waals surface area contributed by atoms with Crippen molar-refractivity contribution in [2.24, 2.45) is 5.41 Å². The molecular weight excluding hydrogens is 222 g/mol. The van der Waals surface area contributed by atoms with Crippen molar-refractivity contribution in [3.05, 3.63) is 0 Å². The van der Waals surface area contributed by atoms with Gasteiger partial charge in [-0.2, -0.15) is 0 Å². The third kappa shape index (κ3) is 4.22. The van der Waals surface area contributed by atoms with Gasteiger partial charge in [0.05, 0.1) is 0 Å². The highest BCUT2D eigenvalue weighted by Gasteiger charge is 2.29. The Hall–Kier alpha value is -0.120. The zero-order chi connectivity index (χ0) is 13.0. The monoisotopic (exact) mass is 253 g/mol. The van der Waals surface area contributed by atoms with E-state index in [1.54, 1.807) is 0 Å². The molecule has 0 aromatic carbocycles. The average molecular weight is 253 g/mol. The van der Waals surface area contributed by atoms with Gasteiger partial charge < -0.3 is 10.2 Å². The summed E-state index contributed by atoms with van der Waals surface area (Å²) < 4.78 is 0. The molecule has 0 amide bonds. The molecule has 1 N–H and O–H groups in total. The molecule has 2 aliphatic rings. The van der Waals surface area contributed by atoms with Gasteiger partial charge in [0.25, 0.3) is 0 Å². The molecule has 1 aliphatic heterocycles. The summed E-state index contributed by atoms with van der Waals surface area (Å²) in [5, 5.41) is 3.42. The molecule has 0 aromatic rings. The van der Waals surface area contributed by atoms with E-state index in [9.17, 15) is 0 Å². The normalized spacial score (nSPS) is 29.7. The number of rotatable bonds is 4. The van der Waals surface area contributed by atoms with Crippen LogP contribution >= 0.6 is 0 Å². The van der Waals surface area contributed by atoms with E-state index >= 15 is 0 Å². The van der Waals surface area contributed by atoms with Gasteiger partial charge in [-0.1, -0.05) is 20.3 Å². The largest absolute Gasteiger partial charge is 0.314 e. The van der Waals surface area contributed by atoms with Gasteiger partial charge in [-0.05, 0) is 31.7 Å². The summed E-state index contributed by atoms with van der Waals surface area (Å²) in [5.41, 5.74) is 0.562. The number of hydrogen-bond acceptors (Lipinski definition) is 3. The van der Waals surface area contributed by atoms with E-state index in [1.165, 1.54) is 65.0 Å². The summed E-state index contributed by atoms with van der Waals surface area (Å²) in [6.45, 7) is 12.1. The van der Waals surface area contributed by atoms with E-state index in [4.69, 9.17) is 0 Å². The second-order valence-corrected chi connectivity index (χ2v) is 6.99. The molecule has 2 rings (SSSR count). The van der Waals surface area contributed by atoms with Crippen LogP contribution in [0.1, 0.15) is 39.5 Å². The molecule has 1 saturated heterocycles. The Morgan fingerprint density at radius 1 is 1.28 bits per heavy atom. The predicted molar refractivity (Wildman–Crippen MR) is 78.0 cm³/mol. The number of likely N-dealkylation sites (N-methyl/N-ethyl adjacent to an activating group) is 1. The molecule has 1 atom stereocenters. The third-order valence-electron chi connectivity index (χ3n) is 4.78. The van der Waals surface area contributed by atoms with Gasteiger partial charge >= 0.3 is 0 Å². The lowest BCUT2D eigenvalue weighted by molar-refractivity contribution is 0.101. The second-order valence-electron chi connectivity index (χ2n) is 6.99. The minimum Gasteiger partial charge on any atom is -0.314 e. The maximum Gasteiger partial charge on any atom is 0.0110 e. The zero-order valence-corrected chi connectivity index (χ0v) is 12.5. The fourth-order valence-electron chi connectivity index (χ4n) is 3.45. The Morgan fingerprint density at radius 3 is 2.67 bits per heavy atom. The van der Waals surface area contributed by atoms with Crippen LogP contribution in [0.4, 0.5) is 0 Å². The summed E-state index contributed by atoms with van der Waals surface area (Å²) >= 11 is 0. The molecule has 3 nitrogen and oxygen atoms in total. The maximum absolute atomic E-state index is 3.42. The Balaban J connectivity index is 1.71. The van der Waals surface area contributed by atoms with Gasteiger partial charge in [-0.15, -0.1) is 0 Å². The topological polar surface area (TPSA) is 18.5 Å². The Morgan fingerprint density at radius 2 is 2.00 bits per heavy atom. The van der Waals surface area contributed by atoms with Crippen molar-refractivity contribution in [3.63, 3.8) is 0 Å². The smallest absolute Gasteiger partial charge is 0.0110 e. The SMILES string of the molecule is CN(CCN1CCNCC1)C1CCCC(C)(C)C1. The molecule has 2 fully saturated rings. The minimum absolute atomic E-state index is 0.562. The number of nitrogens with zero attached hydrogens (tertiary/aromatic N) is 2. The van der Waals surface area contributed by atoms with Gasteiger partial charge in [-0.3, -0.25) is 4.90 Å². The van der Waals surface area contributed by atoms with Crippen molar-refractivity contribution >= 4 is 0 Å². The fourth-order valence-corrected chi connectivity index (χ4v) is 3.45. The van der Waals surface area contributed by atoms with Gasteiger partial charge in [0, 0.05) is 45.3 Å². The first-order chi connectivity index (χ1) is 8.57. The molecule has 0 bridgehead atoms. The Bertz CT molecular complexity index is 246. The quantitative estimate of drug-likeness (QED) is 0.824. The van der Waals surface area contributed by atoms with Crippen LogP contribution in [0.3, 0.4) is 0 Å². The van der Waals surface area contributed by atoms with Crippen LogP contribution in [0.5, 0.6) is 0 Å². The third-order valence-corrected chi connectivity index (χ3v) is 4.78. The summed E-state index contributed by atoms with van der Waals surface area (Å²) in [4.78, 5) is 5.21. The van der Waals surface area contributed by atoms with Crippen LogP contribution in [-0.4, -0.2) is 62.2 Å². The van der Waals surface area contributed by atoms with Crippen LogP contribution in [0.2, 0.25) is 0 Å². The summed E-state index contributed by atoms with van der Waals surface area (Å²) in [7, 11) is 2.33. The van der Waals surface area contributed by atoms with Crippen LogP contribution in [0.15, 0.2) is 0 Å². The standard InChI is InChI=1S/C15H31N3/c1-15(2)6-4-5-14(13-15)17(3)11-12-18-9-7-16-8-10-18/h14,16H,4-13H2,1-3H3. The Kier molecular flexibility index (Phi) is 5.05. The molecule has 1 aliphatic carbocycles. The van der Waals surface area contributed by atoms with Crippen molar-refractivity contribution in [2.75, 3.05) is 46.3 Å². The molecule has 3 heteroatoms. The first-order valence-electron chi connectivity index (χ1n) is 7.70. The van der Waals surface area contributed by atoms with Crippen molar-refractivity contribution in [2.45, 2.75) is 45.6 Å². The number of piperazine rings is 1. The van der Waals surface area contributed by atoms with Gasteiger partial charge in [0.2, 0.25) is 0 Å². The van der Waals surface area contributed by atoms with Crippen LogP contribution < -0.4 is 5.32 Å². The zero-order valence-electron chi connectivity index (χ0n) is 12.5. The lowest BCUT2D eigenvalue weighted by Gasteiger charge is -2.40. The second kappa shape index (κ2) is 6.36. The maximum atomic E-state index is 3.42. The van der Waals surface area contributed by atoms with E-state index in [2.05, 4.69) is 36.0 Å². The van der Waals surface area contributed by atoms with Gasteiger partial charge in [-0.25, -0.2) is 0 Å². The molecular formula is C15H31N3. The highest BCUT2D eigenvalue weighted by Crippen LogP contribution is 2.36. The minimum atomic E-state index is 0.562. The summed E-state index contributed by atoms with van der Waals surface area (Å²) in [6, 6.07) is 0.816. The van der Waals surface area contributed by atoms with E-state index in [-0.39, 0.29) is 0 Å². The Labute approximate surface area is 113 Å². The highest BCUT2D eigenvalue weighted by atomic mass is 15.2. The van der Waals surface area contributed by atoms with Gasteiger partial charge in [0.15, 0.2) is 0 Å². The summed E-state index contributed by atoms with van der Waals surface area (Å²) in [5.74, 6) is 0. The molecule has 1 saturated carbocycles. The molecule has 1 unspecified atom stereocenters. The molecule has 18 heavy (non-hydrogen) atoms. The summed E-state index contributed by atoms with van der Waals surface area (Å²) in [6.07, 6.45) is 5.61. The van der Waals surface area contributed by atoms with Crippen LogP contribution in [0.25, 0.3) is 0 Å². The number of hydrogen-bond donors (Lipinski definition) is 1. The average Bonchev–Trinajstić information content (AvgIpc) is 2.36. The van der Waals surface area contributed by atoms with Crippen molar-refractivity contribution in [1.82, 2.24) is 15.1 Å². The van der Waals surface area contributed by atoms with Crippen molar-refractivity contribution < 1.29 is 0 Å². The highest BCUT2D eigenvalue weighted by molar-refractivity contribution is 4.84. The van der Waals surface area contributed by atoms with E-state index in [1.807, 2.05) is 0 Å². The number of nitrogens with one attached hydrogen (secondary N) is 1. The lowest BCUT2D eigenvalue weighted by atomic mass is 9.75. The first kappa shape index (κ1) is 14.3. The molecule has 0 aromatic heterocycles. The van der Waals surface area contributed by atoms with Crippen LogP contribution in [-0.2, 0) is 0 Å². The van der Waals surface area contributed by atoms with Crippen molar-refractivity contribution in [3.8, 4) is 0 Å². The molecule has 106 valence electrons. The van der Waals surface area contributed by atoms with Gasteiger partial charge in [0.1, 0.15) is 0 Å². The molecule has 0 radical (unpaired) electrons. The van der Waals surface area contributed by atoms with E-state index in [0.29, 0.717) is 5.41 Å².